The van der Waals surface area contributed by atoms with Crippen LogP contribution < -0.4 is 10.9 Å². The molecule has 23 heavy (non-hydrogen) atoms. The molecule has 0 aliphatic heterocycles. The van der Waals surface area contributed by atoms with E-state index in [1.54, 1.807) is 6.07 Å². The Bertz CT molecular complexity index is 887. The zero-order chi connectivity index (χ0) is 16.2. The first-order valence-corrected chi connectivity index (χ1v) is 7.19. The first kappa shape index (κ1) is 15.1. The maximum Gasteiger partial charge on any atom is 0.251 e. The second-order valence-electron chi connectivity index (χ2n) is 4.81. The van der Waals surface area contributed by atoms with E-state index in [1.807, 2.05) is 30.3 Å². The van der Waals surface area contributed by atoms with E-state index in [1.165, 1.54) is 12.1 Å². The van der Waals surface area contributed by atoms with Crippen molar-refractivity contribution in [1.29, 1.82) is 0 Å². The van der Waals surface area contributed by atoms with Crippen molar-refractivity contribution in [1.82, 2.24) is 15.5 Å². The van der Waals surface area contributed by atoms with E-state index < -0.39 is 11.5 Å². The first-order valence-electron chi connectivity index (χ1n) is 6.81. The Morgan fingerprint density at radius 1 is 1.22 bits per heavy atom. The van der Waals surface area contributed by atoms with Crippen molar-refractivity contribution in [3.05, 3.63) is 75.4 Å². The van der Waals surface area contributed by atoms with Gasteiger partial charge in [0.05, 0.1) is 6.54 Å². The van der Waals surface area contributed by atoms with Gasteiger partial charge in [0, 0.05) is 23.3 Å². The summed E-state index contributed by atoms with van der Waals surface area (Å²) in [6.07, 6.45) is 0. The van der Waals surface area contributed by atoms with Crippen LogP contribution in [0.2, 0.25) is 5.15 Å². The molecule has 0 saturated carbocycles. The molecule has 0 aliphatic carbocycles. The van der Waals surface area contributed by atoms with E-state index >= 15 is 0 Å². The van der Waals surface area contributed by atoms with Crippen LogP contribution in [0.4, 0.5) is 0 Å². The zero-order valence-corrected chi connectivity index (χ0v) is 12.6. The highest BCUT2D eigenvalue weighted by Gasteiger charge is 2.10. The first-order chi connectivity index (χ1) is 11.1. The van der Waals surface area contributed by atoms with Gasteiger partial charge in [-0.05, 0) is 6.07 Å². The maximum absolute atomic E-state index is 12.0. The second kappa shape index (κ2) is 6.50. The number of halogens is 1. The van der Waals surface area contributed by atoms with Gasteiger partial charge in [0.25, 0.3) is 5.91 Å². The number of carbonyl (C=O) groups is 1. The number of hydrogen-bond donors (Lipinski definition) is 2. The van der Waals surface area contributed by atoms with E-state index in [9.17, 15) is 9.59 Å². The van der Waals surface area contributed by atoms with Gasteiger partial charge in [0.2, 0.25) is 5.56 Å². The van der Waals surface area contributed by atoms with Crippen molar-refractivity contribution in [2.75, 3.05) is 0 Å². The molecule has 3 rings (SSSR count). The molecule has 0 fully saturated rings. The Balaban J connectivity index is 1.68. The van der Waals surface area contributed by atoms with Gasteiger partial charge >= 0.3 is 0 Å². The SMILES string of the molecule is O=C(NCc1cc(-c2ccccc2)no1)c1cc(Cl)[nH]c(=O)c1. The highest BCUT2D eigenvalue weighted by molar-refractivity contribution is 6.29. The molecule has 3 aromatic rings. The van der Waals surface area contributed by atoms with Crippen LogP contribution in [0.15, 0.2) is 57.8 Å². The highest BCUT2D eigenvalue weighted by atomic mass is 35.5. The van der Waals surface area contributed by atoms with E-state index in [4.69, 9.17) is 16.1 Å². The van der Waals surface area contributed by atoms with Gasteiger partial charge in [-0.15, -0.1) is 0 Å². The van der Waals surface area contributed by atoms with Crippen LogP contribution in [-0.2, 0) is 6.54 Å². The number of rotatable bonds is 4. The third-order valence-corrected chi connectivity index (χ3v) is 3.33. The van der Waals surface area contributed by atoms with Crippen LogP contribution in [0.3, 0.4) is 0 Å². The number of nitrogens with one attached hydrogen (secondary N) is 2. The standard InChI is InChI=1S/C16H12ClN3O3/c17-14-6-11(7-15(21)19-14)16(22)18-9-12-8-13(20-23-12)10-4-2-1-3-5-10/h1-8H,9H2,(H,18,22)(H,19,21). The summed E-state index contributed by atoms with van der Waals surface area (Å²) < 4.78 is 5.19. The molecular weight excluding hydrogens is 318 g/mol. The largest absolute Gasteiger partial charge is 0.359 e. The van der Waals surface area contributed by atoms with Crippen molar-refractivity contribution < 1.29 is 9.32 Å². The van der Waals surface area contributed by atoms with E-state index in [0.29, 0.717) is 11.5 Å². The summed E-state index contributed by atoms with van der Waals surface area (Å²) in [5.41, 5.74) is 1.36. The molecule has 2 aromatic heterocycles. The topological polar surface area (TPSA) is 88.0 Å². The lowest BCUT2D eigenvalue weighted by Crippen LogP contribution is -2.24. The third kappa shape index (κ3) is 3.67. The van der Waals surface area contributed by atoms with Crippen LogP contribution in [0, 0.1) is 0 Å². The van der Waals surface area contributed by atoms with Crippen LogP contribution in [0.1, 0.15) is 16.1 Å². The molecule has 0 atom stereocenters. The molecule has 0 spiro atoms. The number of H-pyrrole nitrogens is 1. The third-order valence-electron chi connectivity index (χ3n) is 3.13. The predicted molar refractivity (Wildman–Crippen MR) is 85.2 cm³/mol. The number of benzene rings is 1. The average molecular weight is 330 g/mol. The average Bonchev–Trinajstić information content (AvgIpc) is 3.01. The van der Waals surface area contributed by atoms with E-state index in [0.717, 1.165) is 5.56 Å². The Hall–Kier alpha value is -2.86. The van der Waals surface area contributed by atoms with Gasteiger partial charge < -0.3 is 14.8 Å². The summed E-state index contributed by atoms with van der Waals surface area (Å²) in [7, 11) is 0. The van der Waals surface area contributed by atoms with Gasteiger partial charge in [-0.25, -0.2) is 0 Å². The van der Waals surface area contributed by atoms with E-state index in [-0.39, 0.29) is 17.3 Å². The summed E-state index contributed by atoms with van der Waals surface area (Å²) in [5, 5.41) is 6.72. The van der Waals surface area contributed by atoms with Gasteiger partial charge in [0.1, 0.15) is 10.8 Å². The highest BCUT2D eigenvalue weighted by Crippen LogP contribution is 2.18. The molecule has 0 radical (unpaired) electrons. The minimum atomic E-state index is -0.436. The molecule has 2 N–H and O–H groups in total. The fraction of sp³-hybridized carbons (Fsp3) is 0.0625. The number of carbonyl (C=O) groups excluding carboxylic acids is 1. The quantitative estimate of drug-likeness (QED) is 0.720. The minimum absolute atomic E-state index is 0.105. The summed E-state index contributed by atoms with van der Waals surface area (Å²) >= 11 is 5.72. The molecule has 1 amide bonds. The van der Waals surface area contributed by atoms with Crippen molar-refractivity contribution in [2.24, 2.45) is 0 Å². The monoisotopic (exact) mass is 329 g/mol. The summed E-state index contributed by atoms with van der Waals surface area (Å²) in [6.45, 7) is 0.156. The van der Waals surface area contributed by atoms with Gasteiger partial charge in [-0.1, -0.05) is 47.1 Å². The van der Waals surface area contributed by atoms with Crippen LogP contribution in [-0.4, -0.2) is 16.0 Å². The fourth-order valence-corrected chi connectivity index (χ4v) is 2.26. The lowest BCUT2D eigenvalue weighted by atomic mass is 10.1. The number of amides is 1. The van der Waals surface area contributed by atoms with Crippen molar-refractivity contribution in [3.8, 4) is 11.3 Å². The van der Waals surface area contributed by atoms with Crippen LogP contribution in [0.25, 0.3) is 11.3 Å². The molecule has 7 heteroatoms. The molecule has 6 nitrogen and oxygen atoms in total. The normalized spacial score (nSPS) is 10.5. The summed E-state index contributed by atoms with van der Waals surface area (Å²) in [6, 6.07) is 13.9. The van der Waals surface area contributed by atoms with Crippen molar-refractivity contribution in [3.63, 3.8) is 0 Å². The Morgan fingerprint density at radius 2 is 2.00 bits per heavy atom. The van der Waals surface area contributed by atoms with Crippen molar-refractivity contribution in [2.45, 2.75) is 6.54 Å². The van der Waals surface area contributed by atoms with Gasteiger partial charge in [-0.3, -0.25) is 9.59 Å². The zero-order valence-electron chi connectivity index (χ0n) is 11.9. The van der Waals surface area contributed by atoms with Crippen LogP contribution >= 0.6 is 11.6 Å². The molecular formula is C16H12ClN3O3. The molecule has 1 aromatic carbocycles. The van der Waals surface area contributed by atoms with Crippen molar-refractivity contribution >= 4 is 17.5 Å². The Labute approximate surface area is 136 Å². The number of hydrogen-bond acceptors (Lipinski definition) is 4. The molecule has 0 unspecified atom stereocenters. The molecule has 0 saturated heterocycles. The number of pyridine rings is 1. The Kier molecular flexibility index (Phi) is 4.25. The summed E-state index contributed by atoms with van der Waals surface area (Å²) in [5.74, 6) is 0.0869. The number of aromatic nitrogens is 2. The minimum Gasteiger partial charge on any atom is -0.359 e. The van der Waals surface area contributed by atoms with Gasteiger partial charge in [-0.2, -0.15) is 0 Å². The lowest BCUT2D eigenvalue weighted by Gasteiger charge is -2.02. The second-order valence-corrected chi connectivity index (χ2v) is 5.22. The maximum atomic E-state index is 12.0. The van der Waals surface area contributed by atoms with Crippen LogP contribution in [0.5, 0.6) is 0 Å². The smallest absolute Gasteiger partial charge is 0.251 e. The molecule has 2 heterocycles. The molecule has 116 valence electrons. The Morgan fingerprint density at radius 3 is 2.74 bits per heavy atom. The lowest BCUT2D eigenvalue weighted by molar-refractivity contribution is 0.0947. The molecule has 0 aliphatic rings. The number of nitrogens with zero attached hydrogens (tertiary/aromatic N) is 1. The molecule has 0 bridgehead atoms. The fourth-order valence-electron chi connectivity index (χ4n) is 2.05. The summed E-state index contributed by atoms with van der Waals surface area (Å²) in [4.78, 5) is 25.7. The van der Waals surface area contributed by atoms with E-state index in [2.05, 4.69) is 15.5 Å². The number of aromatic amines is 1. The predicted octanol–water partition coefficient (Wildman–Crippen LogP) is 2.61. The van der Waals surface area contributed by atoms with Gasteiger partial charge in [0.15, 0.2) is 5.76 Å².